The van der Waals surface area contributed by atoms with Crippen LogP contribution in [0, 0.1) is 6.92 Å². The summed E-state index contributed by atoms with van der Waals surface area (Å²) in [6, 6.07) is 7.27. The first-order valence-electron chi connectivity index (χ1n) is 5.59. The predicted molar refractivity (Wildman–Crippen MR) is 67.9 cm³/mol. The highest BCUT2D eigenvalue weighted by molar-refractivity contribution is 5.88. The molecule has 2 rings (SSSR count). The van der Waals surface area contributed by atoms with Gasteiger partial charge in [-0.1, -0.05) is 0 Å². The lowest BCUT2D eigenvalue weighted by Gasteiger charge is -2.05. The van der Waals surface area contributed by atoms with Crippen molar-refractivity contribution in [3.05, 3.63) is 35.7 Å². The molecule has 0 aliphatic rings. The van der Waals surface area contributed by atoms with Crippen LogP contribution >= 0.6 is 0 Å². The normalized spacial score (nSPS) is 10.1. The Morgan fingerprint density at radius 3 is 2.32 bits per heavy atom. The Balaban J connectivity index is 2.35. The average molecular weight is 259 g/mol. The minimum atomic E-state index is -0.543. The van der Waals surface area contributed by atoms with Crippen LogP contribution in [0.25, 0.3) is 11.4 Å². The van der Waals surface area contributed by atoms with Gasteiger partial charge in [0, 0.05) is 5.56 Å². The van der Waals surface area contributed by atoms with Gasteiger partial charge in [-0.05, 0) is 31.2 Å². The van der Waals surface area contributed by atoms with Crippen molar-refractivity contribution in [2.75, 3.05) is 14.2 Å². The first kappa shape index (κ1) is 12.9. The highest BCUT2D eigenvalue weighted by Crippen LogP contribution is 2.19. The number of aryl methyl sites for hydroxylation is 1. The molecule has 6 nitrogen and oxygen atoms in total. The maximum Gasteiger partial charge on any atom is 0.360 e. The van der Waals surface area contributed by atoms with E-state index >= 15 is 0 Å². The van der Waals surface area contributed by atoms with Gasteiger partial charge in [0.2, 0.25) is 0 Å². The van der Waals surface area contributed by atoms with Gasteiger partial charge in [-0.15, -0.1) is 10.2 Å². The monoisotopic (exact) mass is 259 g/mol. The summed E-state index contributed by atoms with van der Waals surface area (Å²) in [6.07, 6.45) is 0. The predicted octanol–water partition coefficient (Wildman–Crippen LogP) is 1.64. The van der Waals surface area contributed by atoms with Crippen LogP contribution in [0.3, 0.4) is 0 Å². The summed E-state index contributed by atoms with van der Waals surface area (Å²) < 4.78 is 9.67. The molecule has 0 aliphatic carbocycles. The average Bonchev–Trinajstić information content (AvgIpc) is 2.46. The van der Waals surface area contributed by atoms with Crippen molar-refractivity contribution in [3.63, 3.8) is 0 Å². The molecule has 1 heterocycles. The molecule has 0 aliphatic heterocycles. The second-order valence-corrected chi connectivity index (χ2v) is 3.79. The largest absolute Gasteiger partial charge is 0.497 e. The lowest BCUT2D eigenvalue weighted by Crippen LogP contribution is -2.10. The Kier molecular flexibility index (Phi) is 3.70. The maximum absolute atomic E-state index is 11.4. The number of carbonyl (C=O) groups excluding carboxylic acids is 1. The van der Waals surface area contributed by atoms with E-state index in [0.29, 0.717) is 11.5 Å². The summed E-state index contributed by atoms with van der Waals surface area (Å²) in [4.78, 5) is 15.6. The van der Waals surface area contributed by atoms with E-state index in [4.69, 9.17) is 4.74 Å². The molecule has 0 unspecified atom stereocenters. The van der Waals surface area contributed by atoms with E-state index in [1.165, 1.54) is 7.11 Å². The third-order valence-corrected chi connectivity index (χ3v) is 2.59. The smallest absolute Gasteiger partial charge is 0.360 e. The fourth-order valence-electron chi connectivity index (χ4n) is 1.55. The number of aromatic nitrogens is 3. The van der Waals surface area contributed by atoms with Crippen molar-refractivity contribution < 1.29 is 14.3 Å². The molecule has 0 bridgehead atoms. The van der Waals surface area contributed by atoms with Gasteiger partial charge in [0.05, 0.1) is 19.9 Å². The topological polar surface area (TPSA) is 74.2 Å². The molecule has 0 saturated carbocycles. The Bertz CT molecular complexity index is 597. The van der Waals surface area contributed by atoms with Gasteiger partial charge >= 0.3 is 5.97 Å². The van der Waals surface area contributed by atoms with Gasteiger partial charge in [0.1, 0.15) is 5.75 Å². The van der Waals surface area contributed by atoms with Gasteiger partial charge in [-0.25, -0.2) is 9.78 Å². The number of carbonyl (C=O) groups is 1. The fraction of sp³-hybridized carbons (Fsp3) is 0.231. The van der Waals surface area contributed by atoms with Gasteiger partial charge in [-0.2, -0.15) is 0 Å². The highest BCUT2D eigenvalue weighted by Gasteiger charge is 2.14. The van der Waals surface area contributed by atoms with Crippen LogP contribution in [0.5, 0.6) is 5.75 Å². The van der Waals surface area contributed by atoms with Crippen molar-refractivity contribution >= 4 is 5.97 Å². The van der Waals surface area contributed by atoms with Crippen molar-refractivity contribution in [2.45, 2.75) is 6.92 Å². The maximum atomic E-state index is 11.4. The number of nitrogens with zero attached hydrogens (tertiary/aromatic N) is 3. The Morgan fingerprint density at radius 1 is 1.11 bits per heavy atom. The molecule has 0 atom stereocenters. The Hall–Kier alpha value is -2.50. The van der Waals surface area contributed by atoms with Crippen LogP contribution in [-0.4, -0.2) is 35.4 Å². The first-order valence-corrected chi connectivity index (χ1v) is 5.59. The summed E-state index contributed by atoms with van der Waals surface area (Å²) >= 11 is 0. The van der Waals surface area contributed by atoms with E-state index in [2.05, 4.69) is 19.9 Å². The summed E-state index contributed by atoms with van der Waals surface area (Å²) in [5.41, 5.74) is 1.40. The van der Waals surface area contributed by atoms with E-state index in [0.717, 1.165) is 11.3 Å². The van der Waals surface area contributed by atoms with Crippen LogP contribution in [0.4, 0.5) is 0 Å². The fourth-order valence-corrected chi connectivity index (χ4v) is 1.55. The molecule has 0 fully saturated rings. The van der Waals surface area contributed by atoms with E-state index in [1.807, 2.05) is 24.3 Å². The number of methoxy groups -OCH3 is 2. The molecule has 98 valence electrons. The molecular formula is C13H13N3O3. The minimum absolute atomic E-state index is 0.125. The Labute approximate surface area is 110 Å². The van der Waals surface area contributed by atoms with Crippen LogP contribution in [0.1, 0.15) is 16.2 Å². The van der Waals surface area contributed by atoms with Crippen LogP contribution in [0.15, 0.2) is 24.3 Å². The number of benzene rings is 1. The number of hydrogen-bond donors (Lipinski definition) is 0. The van der Waals surface area contributed by atoms with Crippen molar-refractivity contribution in [3.8, 4) is 17.1 Å². The van der Waals surface area contributed by atoms with Crippen LogP contribution in [-0.2, 0) is 4.74 Å². The number of hydrogen-bond acceptors (Lipinski definition) is 6. The molecule has 0 amide bonds. The molecule has 0 radical (unpaired) electrons. The SMILES string of the molecule is COC(=O)c1nnc(-c2ccc(OC)cc2)nc1C. The van der Waals surface area contributed by atoms with Gasteiger partial charge in [-0.3, -0.25) is 0 Å². The van der Waals surface area contributed by atoms with E-state index in [1.54, 1.807) is 14.0 Å². The molecule has 2 aromatic rings. The molecule has 0 saturated heterocycles. The zero-order valence-electron chi connectivity index (χ0n) is 10.9. The standard InChI is InChI=1S/C13H13N3O3/c1-8-11(13(17)19-3)15-16-12(14-8)9-4-6-10(18-2)7-5-9/h4-7H,1-3H3. The molecule has 0 N–H and O–H groups in total. The lowest BCUT2D eigenvalue weighted by molar-refractivity contribution is 0.0591. The highest BCUT2D eigenvalue weighted by atomic mass is 16.5. The van der Waals surface area contributed by atoms with Crippen molar-refractivity contribution in [2.24, 2.45) is 0 Å². The van der Waals surface area contributed by atoms with Crippen molar-refractivity contribution in [1.29, 1.82) is 0 Å². The summed E-state index contributed by atoms with van der Waals surface area (Å²) in [5, 5.41) is 7.78. The first-order chi connectivity index (χ1) is 9.15. The van der Waals surface area contributed by atoms with E-state index in [9.17, 15) is 4.79 Å². The van der Waals surface area contributed by atoms with Crippen LogP contribution < -0.4 is 4.74 Å². The van der Waals surface area contributed by atoms with E-state index in [-0.39, 0.29) is 5.69 Å². The zero-order valence-corrected chi connectivity index (χ0v) is 10.9. The summed E-state index contributed by atoms with van der Waals surface area (Å²) in [5.74, 6) is 0.659. The second kappa shape index (κ2) is 5.43. The molecular weight excluding hydrogens is 246 g/mol. The third kappa shape index (κ3) is 2.67. The van der Waals surface area contributed by atoms with E-state index < -0.39 is 5.97 Å². The second-order valence-electron chi connectivity index (χ2n) is 3.79. The Morgan fingerprint density at radius 2 is 1.79 bits per heavy atom. The summed E-state index contributed by atoms with van der Waals surface area (Å²) in [7, 11) is 2.89. The molecule has 19 heavy (non-hydrogen) atoms. The molecule has 6 heteroatoms. The van der Waals surface area contributed by atoms with Gasteiger partial charge in [0.15, 0.2) is 11.5 Å². The van der Waals surface area contributed by atoms with Gasteiger partial charge in [0.25, 0.3) is 0 Å². The van der Waals surface area contributed by atoms with Crippen LogP contribution in [0.2, 0.25) is 0 Å². The minimum Gasteiger partial charge on any atom is -0.497 e. The number of rotatable bonds is 3. The zero-order chi connectivity index (χ0) is 13.8. The third-order valence-electron chi connectivity index (χ3n) is 2.59. The molecule has 1 aromatic carbocycles. The molecule has 0 spiro atoms. The van der Waals surface area contributed by atoms with Gasteiger partial charge < -0.3 is 9.47 Å². The molecule has 1 aromatic heterocycles. The van der Waals surface area contributed by atoms with Crippen molar-refractivity contribution in [1.82, 2.24) is 15.2 Å². The number of esters is 1. The number of ether oxygens (including phenoxy) is 2. The summed E-state index contributed by atoms with van der Waals surface area (Å²) in [6.45, 7) is 1.69. The quantitative estimate of drug-likeness (QED) is 0.780. The lowest BCUT2D eigenvalue weighted by atomic mass is 10.2.